The molecule has 2 heterocycles. The molecule has 0 aromatic heterocycles. The van der Waals surface area contributed by atoms with Gasteiger partial charge in [0, 0.05) is 25.1 Å². The SMILES string of the molecule is C/C=C(\C=C/C1=C(C)CCc2cc(C(N)=O)ccc2C1(CC(CC)NCC(=O)N1CCCC1C#N)C1=NC(C)(O)NN1)CC(N)=O. The molecule has 8 N–H and O–H groups in total. The van der Waals surface area contributed by atoms with Gasteiger partial charge in [-0.1, -0.05) is 36.8 Å². The number of primary amides is 2. The number of rotatable bonds is 12. The van der Waals surface area contributed by atoms with Crippen molar-refractivity contribution in [2.24, 2.45) is 16.5 Å². The normalized spacial score (nSPS) is 25.5. The van der Waals surface area contributed by atoms with E-state index in [0.717, 1.165) is 34.3 Å². The zero-order valence-corrected chi connectivity index (χ0v) is 27.2. The van der Waals surface area contributed by atoms with Crippen molar-refractivity contribution in [3.8, 4) is 6.07 Å². The molecule has 3 aliphatic rings. The lowest BCUT2D eigenvalue weighted by Gasteiger charge is -2.40. The van der Waals surface area contributed by atoms with E-state index in [2.05, 4.69) is 22.2 Å². The van der Waals surface area contributed by atoms with Gasteiger partial charge in [0.15, 0.2) is 0 Å². The molecule has 1 fully saturated rings. The smallest absolute Gasteiger partial charge is 0.248 e. The van der Waals surface area contributed by atoms with Gasteiger partial charge in [0.25, 0.3) is 0 Å². The third-order valence-electron chi connectivity index (χ3n) is 9.21. The maximum absolute atomic E-state index is 13.2. The van der Waals surface area contributed by atoms with Gasteiger partial charge in [0.05, 0.1) is 24.4 Å². The third-order valence-corrected chi connectivity index (χ3v) is 9.21. The molecule has 12 heteroatoms. The number of amides is 3. The number of nitrogens with two attached hydrogens (primary N) is 2. The highest BCUT2D eigenvalue weighted by molar-refractivity contribution is 5.99. The van der Waals surface area contributed by atoms with E-state index >= 15 is 0 Å². The lowest BCUT2D eigenvalue weighted by Crippen LogP contribution is -2.52. The van der Waals surface area contributed by atoms with Crippen molar-refractivity contribution in [2.45, 2.75) is 96.0 Å². The topological polar surface area (TPSA) is 199 Å². The zero-order chi connectivity index (χ0) is 33.6. The van der Waals surface area contributed by atoms with Gasteiger partial charge in [-0.05, 0) is 86.8 Å². The molecular weight excluding hydrogens is 584 g/mol. The van der Waals surface area contributed by atoms with E-state index < -0.39 is 29.1 Å². The van der Waals surface area contributed by atoms with Crippen LogP contribution in [0.1, 0.15) is 87.7 Å². The van der Waals surface area contributed by atoms with Crippen LogP contribution in [-0.4, -0.2) is 64.6 Å². The highest BCUT2D eigenvalue weighted by atomic mass is 16.3. The molecule has 3 amide bonds. The summed E-state index contributed by atoms with van der Waals surface area (Å²) in [6.07, 6.45) is 9.63. The second-order valence-corrected chi connectivity index (χ2v) is 12.5. The summed E-state index contributed by atoms with van der Waals surface area (Å²) in [6.45, 7) is 8.10. The van der Waals surface area contributed by atoms with Crippen molar-refractivity contribution in [2.75, 3.05) is 13.1 Å². The average Bonchev–Trinajstić information content (AvgIpc) is 3.63. The highest BCUT2D eigenvalue weighted by Crippen LogP contribution is 2.46. The van der Waals surface area contributed by atoms with Crippen molar-refractivity contribution in [3.63, 3.8) is 0 Å². The maximum Gasteiger partial charge on any atom is 0.248 e. The molecule has 1 aromatic rings. The lowest BCUT2D eigenvalue weighted by atomic mass is 9.66. The number of likely N-dealkylation sites (tertiary alicyclic amines) is 1. The number of aryl methyl sites for hydroxylation is 1. The lowest BCUT2D eigenvalue weighted by molar-refractivity contribution is -0.130. The Labute approximate surface area is 270 Å². The van der Waals surface area contributed by atoms with Gasteiger partial charge in [-0.3, -0.25) is 14.4 Å². The molecule has 4 atom stereocenters. The molecule has 4 rings (SSSR count). The Hall–Kier alpha value is -4.31. The van der Waals surface area contributed by atoms with Crippen LogP contribution in [0.4, 0.5) is 0 Å². The summed E-state index contributed by atoms with van der Waals surface area (Å²) < 4.78 is 0. The predicted octanol–water partition coefficient (Wildman–Crippen LogP) is 2.11. The largest absolute Gasteiger partial charge is 0.369 e. The zero-order valence-electron chi connectivity index (χ0n) is 27.2. The molecule has 0 spiro atoms. The fraction of sp³-hybridized carbons (Fsp3) is 0.500. The maximum atomic E-state index is 13.2. The van der Waals surface area contributed by atoms with E-state index in [1.54, 1.807) is 17.9 Å². The molecular formula is C34H46N8O4. The van der Waals surface area contributed by atoms with Gasteiger partial charge >= 0.3 is 0 Å². The first-order chi connectivity index (χ1) is 21.8. The molecule has 2 aliphatic heterocycles. The number of hydrogen-bond acceptors (Lipinski definition) is 9. The summed E-state index contributed by atoms with van der Waals surface area (Å²) in [5, 5.41) is 24.0. The summed E-state index contributed by atoms with van der Waals surface area (Å²) in [6, 6.07) is 7.04. The molecule has 0 saturated carbocycles. The van der Waals surface area contributed by atoms with Crippen LogP contribution in [0.25, 0.3) is 0 Å². The predicted molar refractivity (Wildman–Crippen MR) is 176 cm³/mol. The van der Waals surface area contributed by atoms with Gasteiger partial charge in [-0.2, -0.15) is 10.7 Å². The first-order valence-electron chi connectivity index (χ1n) is 15.9. The first-order valence-corrected chi connectivity index (χ1v) is 15.9. The number of allylic oxidation sites excluding steroid dienone is 4. The van der Waals surface area contributed by atoms with Crippen molar-refractivity contribution < 1.29 is 19.5 Å². The van der Waals surface area contributed by atoms with Crippen LogP contribution in [0.3, 0.4) is 0 Å². The second-order valence-electron chi connectivity index (χ2n) is 12.5. The molecule has 4 unspecified atom stereocenters. The Morgan fingerprint density at radius 1 is 1.30 bits per heavy atom. The minimum atomic E-state index is -1.60. The van der Waals surface area contributed by atoms with E-state index in [1.165, 1.54) is 0 Å². The standard InChI is InChI=1S/C34H46N8O4/c1-5-22(16-29(36)43)10-13-27-21(3)9-11-23-17-24(31(37)45)12-14-28(23)34(27,32-39-33(4,46)41-40-32)18-25(6-2)38-20-30(44)42-15-7-8-26(42)19-35/h5,10,12-14,17,25-26,38,41,46H,6-9,11,15-16,18,20H2,1-4H3,(H2,36,43)(H2,37,45)(H,39,40)/b13-10-,22-5+. The van der Waals surface area contributed by atoms with Crippen molar-refractivity contribution >= 4 is 23.6 Å². The number of carbonyl (C=O) groups excluding carboxylic acids is 3. The van der Waals surface area contributed by atoms with Crippen molar-refractivity contribution in [3.05, 3.63) is 69.8 Å². The number of aliphatic hydroxyl groups is 1. The highest BCUT2D eigenvalue weighted by Gasteiger charge is 2.49. The quantitative estimate of drug-likeness (QED) is 0.189. The molecule has 0 bridgehead atoms. The van der Waals surface area contributed by atoms with Gasteiger partial charge < -0.3 is 32.2 Å². The third kappa shape index (κ3) is 7.39. The van der Waals surface area contributed by atoms with Gasteiger partial charge in [0.2, 0.25) is 23.6 Å². The summed E-state index contributed by atoms with van der Waals surface area (Å²) in [4.78, 5) is 43.7. The fourth-order valence-electron chi connectivity index (χ4n) is 6.76. The fourth-order valence-corrected chi connectivity index (χ4v) is 6.76. The summed E-state index contributed by atoms with van der Waals surface area (Å²) >= 11 is 0. The Bertz CT molecular complexity index is 1540. The Balaban J connectivity index is 1.88. The summed E-state index contributed by atoms with van der Waals surface area (Å²) in [5.41, 5.74) is 21.2. The molecule has 0 radical (unpaired) electrons. The molecule has 246 valence electrons. The monoisotopic (exact) mass is 630 g/mol. The first kappa shape index (κ1) is 34.6. The number of carbonyl (C=O) groups is 3. The molecule has 1 aromatic carbocycles. The number of benzene rings is 1. The number of nitrogens with zero attached hydrogens (tertiary/aromatic N) is 3. The van der Waals surface area contributed by atoms with Crippen LogP contribution in [0.5, 0.6) is 0 Å². The van der Waals surface area contributed by atoms with Crippen LogP contribution in [0, 0.1) is 11.3 Å². The van der Waals surface area contributed by atoms with Crippen molar-refractivity contribution in [1.82, 2.24) is 21.1 Å². The molecule has 1 saturated heterocycles. The van der Waals surface area contributed by atoms with Crippen LogP contribution in [0.2, 0.25) is 0 Å². The van der Waals surface area contributed by atoms with E-state index in [0.29, 0.717) is 50.0 Å². The Morgan fingerprint density at radius 3 is 2.67 bits per heavy atom. The number of aliphatic imine (C=N–C) groups is 1. The number of amidine groups is 1. The number of nitriles is 1. The summed E-state index contributed by atoms with van der Waals surface area (Å²) in [5.74, 6) is -2.23. The van der Waals surface area contributed by atoms with E-state index in [9.17, 15) is 24.8 Å². The van der Waals surface area contributed by atoms with Gasteiger partial charge in [-0.25, -0.2) is 4.99 Å². The van der Waals surface area contributed by atoms with E-state index in [-0.39, 0.29) is 24.9 Å². The van der Waals surface area contributed by atoms with Crippen molar-refractivity contribution in [1.29, 1.82) is 5.26 Å². The number of hydrazine groups is 1. The van der Waals surface area contributed by atoms with Crippen LogP contribution in [-0.2, 0) is 21.4 Å². The van der Waals surface area contributed by atoms with Crippen LogP contribution >= 0.6 is 0 Å². The number of nitrogens with one attached hydrogen (secondary N) is 3. The number of hydrogen-bond donors (Lipinski definition) is 6. The molecule has 12 nitrogen and oxygen atoms in total. The average molecular weight is 631 g/mol. The minimum Gasteiger partial charge on any atom is -0.369 e. The van der Waals surface area contributed by atoms with E-state index in [4.69, 9.17) is 16.5 Å². The molecule has 1 aliphatic carbocycles. The Kier molecular flexibility index (Phi) is 10.8. The van der Waals surface area contributed by atoms with Crippen LogP contribution < -0.4 is 27.6 Å². The minimum absolute atomic E-state index is 0.0608. The summed E-state index contributed by atoms with van der Waals surface area (Å²) in [7, 11) is 0. The van der Waals surface area contributed by atoms with Crippen LogP contribution in [0.15, 0.2) is 58.1 Å². The second kappa shape index (κ2) is 14.4. The number of fused-ring (bicyclic) bond motifs is 1. The van der Waals surface area contributed by atoms with Gasteiger partial charge in [-0.15, -0.1) is 0 Å². The van der Waals surface area contributed by atoms with E-state index in [1.807, 2.05) is 51.1 Å². The van der Waals surface area contributed by atoms with Gasteiger partial charge in [0.1, 0.15) is 11.9 Å². The Morgan fingerprint density at radius 2 is 2.07 bits per heavy atom. The molecule has 46 heavy (non-hydrogen) atoms.